The van der Waals surface area contributed by atoms with E-state index in [0.717, 1.165) is 48.1 Å². The number of carbonyl (C=O) groups is 1. The molecule has 36 heavy (non-hydrogen) atoms. The molecule has 4 aromatic rings. The normalized spacial score (nSPS) is 13.7. The molecule has 0 bridgehead atoms. The monoisotopic (exact) mass is 521 g/mol. The number of nitro groups is 1. The highest BCUT2D eigenvalue weighted by Crippen LogP contribution is 2.36. The predicted octanol–water partition coefficient (Wildman–Crippen LogP) is 6.40. The number of anilines is 2. The minimum atomic E-state index is -0.410. The van der Waals surface area contributed by atoms with Crippen LogP contribution in [0.4, 0.5) is 16.5 Å². The van der Waals surface area contributed by atoms with Crippen LogP contribution in [-0.2, 0) is 6.54 Å². The number of pyridine rings is 1. The molecule has 1 fully saturated rings. The quantitative estimate of drug-likeness (QED) is 0.215. The molecule has 1 aliphatic rings. The molecule has 0 radical (unpaired) electrons. The highest BCUT2D eigenvalue weighted by atomic mass is 35.5. The van der Waals surface area contributed by atoms with E-state index in [1.165, 1.54) is 22.3 Å². The van der Waals surface area contributed by atoms with Crippen molar-refractivity contribution in [1.82, 2.24) is 9.97 Å². The fourth-order valence-corrected chi connectivity index (χ4v) is 5.92. The maximum Gasteiger partial charge on any atom is 0.293 e. The lowest BCUT2D eigenvalue weighted by atomic mass is 10.1. The molecule has 1 aliphatic heterocycles. The number of hydrogen-bond acceptors (Lipinski definition) is 7. The molecule has 10 heteroatoms. The summed E-state index contributed by atoms with van der Waals surface area (Å²) in [5.74, 6) is -0.378. The predicted molar refractivity (Wildman–Crippen MR) is 143 cm³/mol. The van der Waals surface area contributed by atoms with E-state index in [1.807, 2.05) is 36.1 Å². The number of piperidine rings is 1. The van der Waals surface area contributed by atoms with Crippen molar-refractivity contribution < 1.29 is 9.72 Å². The summed E-state index contributed by atoms with van der Waals surface area (Å²) in [7, 11) is 0. The largest absolute Gasteiger partial charge is 0.366 e. The van der Waals surface area contributed by atoms with Gasteiger partial charge >= 0.3 is 0 Å². The molecule has 3 heterocycles. The van der Waals surface area contributed by atoms with Gasteiger partial charge < -0.3 is 4.90 Å². The average molecular weight is 522 g/mol. The highest BCUT2D eigenvalue weighted by molar-refractivity contribution is 7.22. The number of carbonyl (C=O) groups excluding carboxylic acids is 1. The molecule has 0 atom stereocenters. The molecule has 0 unspecified atom stereocenters. The first-order valence-electron chi connectivity index (χ1n) is 11.7. The van der Waals surface area contributed by atoms with Crippen LogP contribution in [0.25, 0.3) is 10.2 Å². The molecule has 0 saturated carbocycles. The zero-order chi connectivity index (χ0) is 25.2. The Balaban J connectivity index is 1.56. The standard InChI is InChI=1S/C26H24ClN5O3S/c1-17-13-19(27)15-23-24(17)29-26(36-23)31(16-20-7-3-4-10-28-20)25(33)18-8-9-21(22(14-18)32(34)35)30-11-5-2-6-12-30/h3-4,7-10,13-15H,2,5-6,11-12,16H2,1H3. The van der Waals surface area contributed by atoms with Crippen LogP contribution in [0.1, 0.15) is 40.9 Å². The van der Waals surface area contributed by atoms with Gasteiger partial charge in [-0.15, -0.1) is 0 Å². The third kappa shape index (κ3) is 4.89. The molecule has 0 N–H and O–H groups in total. The number of aromatic nitrogens is 2. The van der Waals surface area contributed by atoms with Gasteiger partial charge in [-0.2, -0.15) is 0 Å². The Hall–Kier alpha value is -3.56. The van der Waals surface area contributed by atoms with Crippen LogP contribution in [0.5, 0.6) is 0 Å². The number of thiazole rings is 1. The molecule has 184 valence electrons. The number of halogens is 1. The zero-order valence-electron chi connectivity index (χ0n) is 19.7. The van der Waals surface area contributed by atoms with E-state index in [4.69, 9.17) is 16.6 Å². The van der Waals surface area contributed by atoms with Gasteiger partial charge in [0, 0.05) is 35.9 Å². The van der Waals surface area contributed by atoms with Crippen LogP contribution in [0.15, 0.2) is 54.7 Å². The van der Waals surface area contributed by atoms with E-state index in [-0.39, 0.29) is 23.7 Å². The van der Waals surface area contributed by atoms with E-state index >= 15 is 0 Å². The summed E-state index contributed by atoms with van der Waals surface area (Å²) in [5, 5.41) is 13.1. The Morgan fingerprint density at radius 2 is 1.97 bits per heavy atom. The van der Waals surface area contributed by atoms with Crippen LogP contribution < -0.4 is 9.80 Å². The minimum Gasteiger partial charge on any atom is -0.366 e. The van der Waals surface area contributed by atoms with E-state index in [1.54, 1.807) is 24.4 Å². The number of fused-ring (bicyclic) bond motifs is 1. The number of nitrogens with zero attached hydrogens (tertiary/aromatic N) is 5. The molecule has 1 amide bonds. The van der Waals surface area contributed by atoms with Crippen molar-refractivity contribution in [2.45, 2.75) is 32.7 Å². The molecule has 0 spiro atoms. The number of hydrogen-bond donors (Lipinski definition) is 0. The number of rotatable bonds is 6. The summed E-state index contributed by atoms with van der Waals surface area (Å²) in [5.41, 5.74) is 3.08. The summed E-state index contributed by atoms with van der Waals surface area (Å²) < 4.78 is 0.861. The summed E-state index contributed by atoms with van der Waals surface area (Å²) in [6, 6.07) is 13.9. The molecular weight excluding hydrogens is 498 g/mol. The Kier molecular flexibility index (Phi) is 6.84. The van der Waals surface area contributed by atoms with Crippen molar-refractivity contribution in [1.29, 1.82) is 0 Å². The Bertz CT molecular complexity index is 1440. The molecule has 5 rings (SSSR count). The van der Waals surface area contributed by atoms with Gasteiger partial charge in [0.05, 0.1) is 27.4 Å². The third-order valence-electron chi connectivity index (χ3n) is 6.28. The molecule has 8 nitrogen and oxygen atoms in total. The lowest BCUT2D eigenvalue weighted by Crippen LogP contribution is -2.32. The maximum atomic E-state index is 13.8. The molecular formula is C26H24ClN5O3S. The smallest absolute Gasteiger partial charge is 0.293 e. The lowest BCUT2D eigenvalue weighted by molar-refractivity contribution is -0.384. The Morgan fingerprint density at radius 3 is 2.69 bits per heavy atom. The highest BCUT2D eigenvalue weighted by Gasteiger charge is 2.27. The summed E-state index contributed by atoms with van der Waals surface area (Å²) in [4.78, 5) is 38.1. The lowest BCUT2D eigenvalue weighted by Gasteiger charge is -2.28. The van der Waals surface area contributed by atoms with Gasteiger partial charge in [0.25, 0.3) is 11.6 Å². The first-order valence-corrected chi connectivity index (χ1v) is 12.9. The molecule has 2 aromatic heterocycles. The first-order chi connectivity index (χ1) is 17.4. The van der Waals surface area contributed by atoms with Crippen LogP contribution >= 0.6 is 22.9 Å². The summed E-state index contributed by atoms with van der Waals surface area (Å²) in [6.45, 7) is 3.64. The van der Waals surface area contributed by atoms with Gasteiger partial charge in [-0.3, -0.25) is 24.8 Å². The van der Waals surface area contributed by atoms with Crippen molar-refractivity contribution in [2.24, 2.45) is 0 Å². The second-order valence-electron chi connectivity index (χ2n) is 8.79. The van der Waals surface area contributed by atoms with E-state index in [0.29, 0.717) is 21.5 Å². The van der Waals surface area contributed by atoms with Gasteiger partial charge in [0.1, 0.15) is 5.69 Å². The van der Waals surface area contributed by atoms with Gasteiger partial charge in [-0.05, 0) is 68.1 Å². The van der Waals surface area contributed by atoms with Gasteiger partial charge in [0.15, 0.2) is 5.13 Å². The molecule has 1 saturated heterocycles. The average Bonchev–Trinajstić information content (AvgIpc) is 3.32. The van der Waals surface area contributed by atoms with E-state index in [9.17, 15) is 14.9 Å². The van der Waals surface area contributed by atoms with Crippen molar-refractivity contribution in [3.8, 4) is 0 Å². The van der Waals surface area contributed by atoms with Crippen molar-refractivity contribution in [2.75, 3.05) is 22.9 Å². The fourth-order valence-electron chi connectivity index (χ4n) is 4.50. The van der Waals surface area contributed by atoms with Crippen molar-refractivity contribution in [3.63, 3.8) is 0 Å². The fraction of sp³-hybridized carbons (Fsp3) is 0.269. The molecule has 0 aliphatic carbocycles. The Labute approximate surface area is 217 Å². The Morgan fingerprint density at radius 1 is 1.17 bits per heavy atom. The van der Waals surface area contributed by atoms with Crippen LogP contribution in [0, 0.1) is 17.0 Å². The van der Waals surface area contributed by atoms with Gasteiger partial charge in [0.2, 0.25) is 0 Å². The SMILES string of the molecule is Cc1cc(Cl)cc2sc(N(Cc3ccccn3)C(=O)c3ccc(N4CCCCC4)c([N+](=O)[O-])c3)nc12. The van der Waals surface area contributed by atoms with Crippen LogP contribution in [-0.4, -0.2) is 33.9 Å². The number of benzene rings is 2. The zero-order valence-corrected chi connectivity index (χ0v) is 21.3. The van der Waals surface area contributed by atoms with Gasteiger partial charge in [-0.25, -0.2) is 4.98 Å². The van der Waals surface area contributed by atoms with Crippen LogP contribution in [0.2, 0.25) is 5.02 Å². The van der Waals surface area contributed by atoms with E-state index < -0.39 is 4.92 Å². The van der Waals surface area contributed by atoms with Crippen molar-refractivity contribution >= 4 is 55.6 Å². The topological polar surface area (TPSA) is 92.5 Å². The molecule has 2 aromatic carbocycles. The summed E-state index contributed by atoms with van der Waals surface area (Å²) in [6.07, 6.45) is 4.78. The first kappa shape index (κ1) is 24.1. The number of nitro benzene ring substituents is 1. The third-order valence-corrected chi connectivity index (χ3v) is 7.52. The van der Waals surface area contributed by atoms with Gasteiger partial charge in [-0.1, -0.05) is 29.0 Å². The minimum absolute atomic E-state index is 0.0625. The summed E-state index contributed by atoms with van der Waals surface area (Å²) >= 11 is 7.60. The number of amides is 1. The maximum absolute atomic E-state index is 13.8. The van der Waals surface area contributed by atoms with E-state index in [2.05, 4.69) is 4.98 Å². The van der Waals surface area contributed by atoms with Crippen molar-refractivity contribution in [3.05, 3.63) is 86.7 Å². The number of aryl methyl sites for hydroxylation is 1. The van der Waals surface area contributed by atoms with Crippen LogP contribution in [0.3, 0.4) is 0 Å². The second kappa shape index (κ2) is 10.2. The second-order valence-corrected chi connectivity index (χ2v) is 10.2.